The number of nitrogens with two attached hydrogens (primary N) is 1. The number of ether oxygens (including phenoxy) is 1. The number of primary amides is 1. The first-order valence-electron chi connectivity index (χ1n) is 4.39. The molecular formula is C8H16N2O2. The molecule has 0 saturated carbocycles. The number of hydrogen-bond donors (Lipinski definition) is 2. The van der Waals surface area contributed by atoms with Gasteiger partial charge in [0.25, 0.3) is 0 Å². The van der Waals surface area contributed by atoms with Crippen LogP contribution in [-0.4, -0.2) is 31.7 Å². The van der Waals surface area contributed by atoms with Crippen LogP contribution in [0, 0.1) is 0 Å². The molecule has 1 aliphatic rings. The summed E-state index contributed by atoms with van der Waals surface area (Å²) >= 11 is 0. The molecule has 0 unspecified atom stereocenters. The minimum Gasteiger partial charge on any atom is -0.376 e. The molecule has 1 fully saturated rings. The predicted molar refractivity (Wildman–Crippen MR) is 45.7 cm³/mol. The van der Waals surface area contributed by atoms with Crippen molar-refractivity contribution in [1.29, 1.82) is 0 Å². The highest BCUT2D eigenvalue weighted by atomic mass is 16.5. The Balaban J connectivity index is 2.01. The number of piperidine rings is 1. The van der Waals surface area contributed by atoms with Gasteiger partial charge < -0.3 is 15.8 Å². The molecule has 4 heteroatoms. The van der Waals surface area contributed by atoms with E-state index in [9.17, 15) is 4.79 Å². The van der Waals surface area contributed by atoms with E-state index in [1.165, 1.54) is 0 Å². The third-order valence-corrected chi connectivity index (χ3v) is 1.95. The Morgan fingerprint density at radius 2 is 2.50 bits per heavy atom. The Kier molecular flexibility index (Phi) is 4.04. The van der Waals surface area contributed by atoms with Gasteiger partial charge in [-0.05, 0) is 19.4 Å². The molecule has 1 aliphatic heterocycles. The quantitative estimate of drug-likeness (QED) is 0.608. The highest BCUT2D eigenvalue weighted by molar-refractivity contribution is 5.73. The summed E-state index contributed by atoms with van der Waals surface area (Å²) in [5, 5.41) is 3.23. The van der Waals surface area contributed by atoms with Crippen molar-refractivity contribution in [3.63, 3.8) is 0 Å². The van der Waals surface area contributed by atoms with Crippen LogP contribution in [-0.2, 0) is 9.53 Å². The minimum absolute atomic E-state index is 0.276. The molecule has 12 heavy (non-hydrogen) atoms. The molecule has 1 amide bonds. The van der Waals surface area contributed by atoms with Crippen LogP contribution in [0.4, 0.5) is 0 Å². The summed E-state index contributed by atoms with van der Waals surface area (Å²) in [6.07, 6.45) is 2.85. The molecule has 1 rings (SSSR count). The van der Waals surface area contributed by atoms with Gasteiger partial charge >= 0.3 is 0 Å². The maximum absolute atomic E-state index is 10.4. The van der Waals surface area contributed by atoms with Gasteiger partial charge in [0.05, 0.1) is 12.7 Å². The van der Waals surface area contributed by atoms with Crippen molar-refractivity contribution < 1.29 is 9.53 Å². The fourth-order valence-corrected chi connectivity index (χ4v) is 1.29. The van der Waals surface area contributed by atoms with Crippen LogP contribution in [0.2, 0.25) is 0 Å². The number of rotatable bonds is 4. The molecule has 4 nitrogen and oxygen atoms in total. The second kappa shape index (κ2) is 5.11. The molecule has 3 N–H and O–H groups in total. The lowest BCUT2D eigenvalue weighted by atomic mass is 10.1. The molecule has 0 bridgehead atoms. The first kappa shape index (κ1) is 9.48. The summed E-state index contributed by atoms with van der Waals surface area (Å²) in [5.74, 6) is -0.293. The average Bonchev–Trinajstić information content (AvgIpc) is 2.05. The molecule has 0 spiro atoms. The standard InChI is InChI=1S/C8H16N2O2/c9-8(11)3-5-12-7-2-1-4-10-6-7/h7,10H,1-6H2,(H2,9,11)/t7-/m0/s1. The van der Waals surface area contributed by atoms with Gasteiger partial charge in [0.15, 0.2) is 0 Å². The fourth-order valence-electron chi connectivity index (χ4n) is 1.29. The number of carbonyl (C=O) groups excluding carboxylic acids is 1. The smallest absolute Gasteiger partial charge is 0.219 e. The Hall–Kier alpha value is -0.610. The largest absolute Gasteiger partial charge is 0.376 e. The van der Waals surface area contributed by atoms with E-state index < -0.39 is 0 Å². The third-order valence-electron chi connectivity index (χ3n) is 1.95. The van der Waals surface area contributed by atoms with Gasteiger partial charge in [-0.2, -0.15) is 0 Å². The summed E-state index contributed by atoms with van der Waals surface area (Å²) in [5.41, 5.74) is 4.97. The molecule has 70 valence electrons. The van der Waals surface area contributed by atoms with E-state index in [-0.39, 0.29) is 12.0 Å². The molecular weight excluding hydrogens is 156 g/mol. The lowest BCUT2D eigenvalue weighted by molar-refractivity contribution is -0.119. The van der Waals surface area contributed by atoms with Crippen LogP contribution in [0.25, 0.3) is 0 Å². The molecule has 0 aromatic carbocycles. The van der Waals surface area contributed by atoms with Gasteiger partial charge in [0.1, 0.15) is 0 Å². The number of amides is 1. The van der Waals surface area contributed by atoms with Crippen molar-refractivity contribution in [2.75, 3.05) is 19.7 Å². The van der Waals surface area contributed by atoms with Crippen molar-refractivity contribution in [2.45, 2.75) is 25.4 Å². The van der Waals surface area contributed by atoms with Crippen LogP contribution in [0.15, 0.2) is 0 Å². The first-order chi connectivity index (χ1) is 5.79. The van der Waals surface area contributed by atoms with Crippen molar-refractivity contribution in [3.05, 3.63) is 0 Å². The summed E-state index contributed by atoms with van der Waals surface area (Å²) in [4.78, 5) is 10.4. The summed E-state index contributed by atoms with van der Waals surface area (Å²) < 4.78 is 5.43. The first-order valence-corrected chi connectivity index (χ1v) is 4.39. The third kappa shape index (κ3) is 3.69. The van der Waals surface area contributed by atoms with E-state index in [0.717, 1.165) is 25.9 Å². The number of hydrogen-bond acceptors (Lipinski definition) is 3. The van der Waals surface area contributed by atoms with Crippen LogP contribution >= 0.6 is 0 Å². The van der Waals surface area contributed by atoms with Crippen molar-refractivity contribution in [3.8, 4) is 0 Å². The van der Waals surface area contributed by atoms with Gasteiger partial charge in [-0.3, -0.25) is 4.79 Å². The van der Waals surface area contributed by atoms with E-state index in [2.05, 4.69) is 5.32 Å². The molecule has 1 heterocycles. The Morgan fingerprint density at radius 3 is 3.08 bits per heavy atom. The lowest BCUT2D eigenvalue weighted by Crippen LogP contribution is -2.35. The SMILES string of the molecule is NC(=O)CCO[C@H]1CCCNC1. The van der Waals surface area contributed by atoms with Gasteiger partial charge in [0, 0.05) is 13.0 Å². The molecule has 1 saturated heterocycles. The summed E-state index contributed by atoms with van der Waals surface area (Å²) in [6.45, 7) is 2.44. The van der Waals surface area contributed by atoms with E-state index >= 15 is 0 Å². The zero-order chi connectivity index (χ0) is 8.81. The van der Waals surface area contributed by atoms with Crippen LogP contribution in [0.1, 0.15) is 19.3 Å². The van der Waals surface area contributed by atoms with Crippen LogP contribution in [0.3, 0.4) is 0 Å². The minimum atomic E-state index is -0.293. The van der Waals surface area contributed by atoms with Crippen molar-refractivity contribution in [1.82, 2.24) is 5.32 Å². The highest BCUT2D eigenvalue weighted by Gasteiger charge is 2.12. The van der Waals surface area contributed by atoms with Crippen molar-refractivity contribution in [2.24, 2.45) is 5.73 Å². The maximum Gasteiger partial charge on any atom is 0.219 e. The molecule has 0 aromatic heterocycles. The Morgan fingerprint density at radius 1 is 1.67 bits per heavy atom. The normalized spacial score (nSPS) is 23.8. The second-order valence-electron chi connectivity index (χ2n) is 3.06. The van der Waals surface area contributed by atoms with E-state index in [1.807, 2.05) is 0 Å². The Labute approximate surface area is 72.5 Å². The number of carbonyl (C=O) groups is 1. The molecule has 0 radical (unpaired) electrons. The summed E-state index contributed by atoms with van der Waals surface area (Å²) in [6, 6.07) is 0. The zero-order valence-corrected chi connectivity index (χ0v) is 7.21. The lowest BCUT2D eigenvalue weighted by Gasteiger charge is -2.22. The molecule has 1 atom stereocenters. The van der Waals surface area contributed by atoms with Crippen LogP contribution in [0.5, 0.6) is 0 Å². The molecule has 0 aromatic rings. The summed E-state index contributed by atoms with van der Waals surface area (Å²) in [7, 11) is 0. The second-order valence-corrected chi connectivity index (χ2v) is 3.06. The van der Waals surface area contributed by atoms with Gasteiger partial charge in [-0.1, -0.05) is 0 Å². The van der Waals surface area contributed by atoms with Gasteiger partial charge in [-0.15, -0.1) is 0 Å². The topological polar surface area (TPSA) is 64.4 Å². The Bertz CT molecular complexity index is 144. The van der Waals surface area contributed by atoms with Crippen LogP contribution < -0.4 is 11.1 Å². The van der Waals surface area contributed by atoms with Crippen molar-refractivity contribution >= 4 is 5.91 Å². The average molecular weight is 172 g/mol. The van der Waals surface area contributed by atoms with Gasteiger partial charge in [0.2, 0.25) is 5.91 Å². The van der Waals surface area contributed by atoms with E-state index in [0.29, 0.717) is 13.0 Å². The fraction of sp³-hybridized carbons (Fsp3) is 0.875. The highest BCUT2D eigenvalue weighted by Crippen LogP contribution is 2.05. The monoisotopic (exact) mass is 172 g/mol. The maximum atomic E-state index is 10.4. The van der Waals surface area contributed by atoms with Gasteiger partial charge in [-0.25, -0.2) is 0 Å². The zero-order valence-electron chi connectivity index (χ0n) is 7.21. The van der Waals surface area contributed by atoms with E-state index in [1.54, 1.807) is 0 Å². The number of nitrogens with one attached hydrogen (secondary N) is 1. The predicted octanol–water partition coefficient (Wildman–Crippen LogP) is -0.370. The molecule has 0 aliphatic carbocycles. The van der Waals surface area contributed by atoms with E-state index in [4.69, 9.17) is 10.5 Å².